The van der Waals surface area contributed by atoms with E-state index in [1.54, 1.807) is 6.07 Å². The third kappa shape index (κ3) is 6.85. The van der Waals surface area contributed by atoms with Crippen molar-refractivity contribution in [3.8, 4) is 22.6 Å². The Morgan fingerprint density at radius 3 is 2.24 bits per heavy atom. The Hall–Kier alpha value is -3.02. The molecular weight excluding hydrogens is 488 g/mol. The van der Waals surface area contributed by atoms with Gasteiger partial charge in [0.2, 0.25) is 0 Å². The van der Waals surface area contributed by atoms with Gasteiger partial charge in [-0.05, 0) is 37.6 Å². The highest BCUT2D eigenvalue weighted by atomic mass is 35.5. The zero-order chi connectivity index (χ0) is 26.2. The number of unbranched alkanes of at least 4 members (excludes halogenated alkanes) is 2. The minimum Gasteiger partial charge on any atom is -0.326 e. The first-order valence-corrected chi connectivity index (χ1v) is 13.4. The molecule has 0 fully saturated rings. The Labute approximate surface area is 223 Å². The summed E-state index contributed by atoms with van der Waals surface area (Å²) in [6.07, 6.45) is 4.08. The lowest BCUT2D eigenvalue weighted by Gasteiger charge is -2.24. The summed E-state index contributed by atoms with van der Waals surface area (Å²) in [7, 11) is 0. The van der Waals surface area contributed by atoms with Crippen LogP contribution in [0.4, 0.5) is 8.78 Å². The van der Waals surface area contributed by atoms with Gasteiger partial charge in [-0.1, -0.05) is 86.8 Å². The van der Waals surface area contributed by atoms with Crippen molar-refractivity contribution < 1.29 is 8.78 Å². The number of nitrogens with zero attached hydrogens (tertiary/aromatic N) is 3. The van der Waals surface area contributed by atoms with E-state index in [2.05, 4.69) is 35.4 Å². The van der Waals surface area contributed by atoms with Gasteiger partial charge in [0, 0.05) is 47.4 Å². The maximum absolute atomic E-state index is 14.6. The van der Waals surface area contributed by atoms with Gasteiger partial charge >= 0.3 is 0 Å². The molecule has 194 valence electrons. The highest BCUT2D eigenvalue weighted by Gasteiger charge is 2.22. The highest BCUT2D eigenvalue weighted by Crippen LogP contribution is 2.32. The second-order valence-corrected chi connectivity index (χ2v) is 9.85. The summed E-state index contributed by atoms with van der Waals surface area (Å²) in [5.74, 6) is -0.141. The van der Waals surface area contributed by atoms with Crippen LogP contribution in [-0.2, 0) is 19.6 Å². The van der Waals surface area contributed by atoms with Gasteiger partial charge in [0.05, 0.1) is 11.4 Å². The Kier molecular flexibility index (Phi) is 9.48. The number of benzene rings is 3. The number of halogens is 3. The molecule has 4 rings (SSSR count). The van der Waals surface area contributed by atoms with Crippen LogP contribution in [0.5, 0.6) is 0 Å². The monoisotopic (exact) mass is 521 g/mol. The van der Waals surface area contributed by atoms with Crippen LogP contribution in [0.3, 0.4) is 0 Å². The molecule has 0 spiro atoms. The van der Waals surface area contributed by atoms with Gasteiger partial charge in [0.25, 0.3) is 0 Å². The van der Waals surface area contributed by atoms with Gasteiger partial charge in [-0.15, -0.1) is 0 Å². The maximum atomic E-state index is 14.6. The summed E-state index contributed by atoms with van der Waals surface area (Å²) in [6, 6.07) is 21.9. The number of hydrogen-bond donors (Lipinski definition) is 0. The van der Waals surface area contributed by atoms with Crippen molar-refractivity contribution >= 4 is 11.6 Å². The fourth-order valence-corrected chi connectivity index (χ4v) is 4.67. The Bertz CT molecular complexity index is 1290. The van der Waals surface area contributed by atoms with Crippen LogP contribution in [0.15, 0.2) is 72.8 Å². The number of rotatable bonds is 12. The zero-order valence-electron chi connectivity index (χ0n) is 21.6. The predicted molar refractivity (Wildman–Crippen MR) is 148 cm³/mol. The molecule has 0 saturated heterocycles. The van der Waals surface area contributed by atoms with E-state index in [4.69, 9.17) is 16.6 Å². The van der Waals surface area contributed by atoms with Crippen LogP contribution >= 0.6 is 11.6 Å². The molecule has 37 heavy (non-hydrogen) atoms. The average molecular weight is 522 g/mol. The first kappa shape index (κ1) is 27.0. The fraction of sp³-hybridized carbons (Fsp3) is 0.323. The third-order valence-electron chi connectivity index (χ3n) is 6.57. The van der Waals surface area contributed by atoms with Crippen LogP contribution in [0.1, 0.15) is 50.8 Å². The van der Waals surface area contributed by atoms with Crippen molar-refractivity contribution in [1.29, 1.82) is 0 Å². The predicted octanol–water partition coefficient (Wildman–Crippen LogP) is 8.75. The average Bonchev–Trinajstić information content (AvgIpc) is 3.26. The van der Waals surface area contributed by atoms with E-state index in [0.29, 0.717) is 23.7 Å². The summed E-state index contributed by atoms with van der Waals surface area (Å²) in [5.41, 5.74) is 4.55. The molecule has 0 radical (unpaired) electrons. The smallest absolute Gasteiger partial charge is 0.140 e. The van der Waals surface area contributed by atoms with E-state index in [0.717, 1.165) is 73.2 Å². The van der Waals surface area contributed by atoms with Crippen molar-refractivity contribution in [3.63, 3.8) is 0 Å². The molecule has 0 amide bonds. The molecule has 1 aromatic heterocycles. The lowest BCUT2D eigenvalue weighted by atomic mass is 10.1. The van der Waals surface area contributed by atoms with Crippen LogP contribution in [0.25, 0.3) is 22.6 Å². The van der Waals surface area contributed by atoms with Gasteiger partial charge in [0.1, 0.15) is 17.5 Å². The summed E-state index contributed by atoms with van der Waals surface area (Å²) in [4.78, 5) is 7.42. The number of imidazole rings is 1. The van der Waals surface area contributed by atoms with E-state index in [1.807, 2.05) is 42.5 Å². The van der Waals surface area contributed by atoms with Crippen LogP contribution in [0.2, 0.25) is 5.02 Å². The topological polar surface area (TPSA) is 21.1 Å². The number of hydrogen-bond acceptors (Lipinski definition) is 2. The van der Waals surface area contributed by atoms with E-state index in [-0.39, 0.29) is 0 Å². The molecule has 1 heterocycles. The first-order chi connectivity index (χ1) is 18.0. The molecule has 0 aliphatic rings. The highest BCUT2D eigenvalue weighted by molar-refractivity contribution is 6.30. The van der Waals surface area contributed by atoms with E-state index in [9.17, 15) is 8.78 Å². The molecule has 0 aliphatic heterocycles. The molecule has 3 aromatic carbocycles. The second kappa shape index (κ2) is 13.0. The van der Waals surface area contributed by atoms with Gasteiger partial charge in [-0.25, -0.2) is 13.8 Å². The fourth-order valence-electron chi connectivity index (χ4n) is 4.55. The SMILES string of the molecule is CCCCN(Cc1ccc(F)cc1F)Cc1c(-c2ccc(Cl)cc2)nc(-c2ccccc2)n1CCCC. The van der Waals surface area contributed by atoms with Crippen molar-refractivity contribution in [2.45, 2.75) is 59.2 Å². The summed E-state index contributed by atoms with van der Waals surface area (Å²) < 4.78 is 30.5. The van der Waals surface area contributed by atoms with Gasteiger partial charge < -0.3 is 4.57 Å². The van der Waals surface area contributed by atoms with Crippen LogP contribution < -0.4 is 0 Å². The first-order valence-electron chi connectivity index (χ1n) is 13.1. The van der Waals surface area contributed by atoms with Crippen molar-refractivity contribution in [1.82, 2.24) is 14.5 Å². The molecule has 4 aromatic rings. The van der Waals surface area contributed by atoms with Crippen LogP contribution in [-0.4, -0.2) is 21.0 Å². The zero-order valence-corrected chi connectivity index (χ0v) is 22.3. The van der Waals surface area contributed by atoms with Crippen molar-refractivity contribution in [3.05, 3.63) is 101 Å². The second-order valence-electron chi connectivity index (χ2n) is 9.41. The molecule has 0 bridgehead atoms. The van der Waals surface area contributed by atoms with Gasteiger partial charge in [-0.3, -0.25) is 4.90 Å². The van der Waals surface area contributed by atoms with Crippen molar-refractivity contribution in [2.75, 3.05) is 6.54 Å². The van der Waals surface area contributed by atoms with Crippen molar-refractivity contribution in [2.24, 2.45) is 0 Å². The van der Waals surface area contributed by atoms with Gasteiger partial charge in [-0.2, -0.15) is 0 Å². The minimum absolute atomic E-state index is 0.395. The molecule has 3 nitrogen and oxygen atoms in total. The molecule has 0 N–H and O–H groups in total. The maximum Gasteiger partial charge on any atom is 0.140 e. The number of aromatic nitrogens is 2. The summed E-state index contributed by atoms with van der Waals surface area (Å²) in [5, 5.41) is 0.676. The quantitative estimate of drug-likeness (QED) is 0.186. The Morgan fingerprint density at radius 2 is 1.57 bits per heavy atom. The molecule has 0 aliphatic carbocycles. The van der Waals surface area contributed by atoms with E-state index in [1.165, 1.54) is 6.07 Å². The van der Waals surface area contributed by atoms with E-state index < -0.39 is 11.6 Å². The third-order valence-corrected chi connectivity index (χ3v) is 6.82. The molecule has 0 unspecified atom stereocenters. The summed E-state index contributed by atoms with van der Waals surface area (Å²) in [6.45, 7) is 6.96. The van der Waals surface area contributed by atoms with Crippen LogP contribution in [0, 0.1) is 11.6 Å². The lowest BCUT2D eigenvalue weighted by molar-refractivity contribution is 0.243. The van der Waals surface area contributed by atoms with Gasteiger partial charge in [0.15, 0.2) is 0 Å². The summed E-state index contributed by atoms with van der Waals surface area (Å²) >= 11 is 6.20. The molecule has 0 atom stereocenters. The minimum atomic E-state index is -0.559. The largest absolute Gasteiger partial charge is 0.326 e. The molecule has 0 saturated carbocycles. The standard InChI is InChI=1S/C31H34ClF2N3/c1-3-5-18-36(21-25-14-17-27(33)20-28(25)34)22-29-30(23-12-15-26(32)16-13-23)35-31(37(29)19-6-4-2)24-10-8-7-9-11-24/h7-17,20H,3-6,18-19,21-22H2,1-2H3. The normalized spacial score (nSPS) is 11.4. The lowest BCUT2D eigenvalue weighted by Crippen LogP contribution is -2.26. The van der Waals surface area contributed by atoms with E-state index >= 15 is 0 Å². The molecular formula is C31H34ClF2N3. The molecule has 6 heteroatoms. The Morgan fingerprint density at radius 1 is 0.838 bits per heavy atom. The Balaban J connectivity index is 1.81.